The zero-order chi connectivity index (χ0) is 24.3. The Morgan fingerprint density at radius 2 is 1.88 bits per heavy atom. The number of methoxy groups -OCH3 is 1. The normalized spacial score (nSPS) is 12.2. The molecule has 3 aromatic rings. The molecule has 3 heterocycles. The topological polar surface area (TPSA) is 119 Å². The van der Waals surface area contributed by atoms with E-state index in [1.54, 1.807) is 6.92 Å². The van der Waals surface area contributed by atoms with Crippen LogP contribution in [-0.2, 0) is 6.18 Å². The zero-order valence-corrected chi connectivity index (χ0v) is 18.9. The Morgan fingerprint density at radius 3 is 2.55 bits per heavy atom. The van der Waals surface area contributed by atoms with Gasteiger partial charge in [0.1, 0.15) is 27.1 Å². The summed E-state index contributed by atoms with van der Waals surface area (Å²) in [5.41, 5.74) is -1.06. The summed E-state index contributed by atoms with van der Waals surface area (Å²) in [6, 6.07) is 0.132. The smallest absolute Gasteiger partial charge is 0.416 e. The average molecular weight is 501 g/mol. The lowest BCUT2D eigenvalue weighted by Gasteiger charge is -2.12. The summed E-state index contributed by atoms with van der Waals surface area (Å²) in [5, 5.41) is 5.28. The molecule has 33 heavy (non-hydrogen) atoms. The quantitative estimate of drug-likeness (QED) is 0.523. The van der Waals surface area contributed by atoms with Gasteiger partial charge in [-0.25, -0.2) is 19.9 Å². The molecular formula is C19H16ClF3N6O3S. The van der Waals surface area contributed by atoms with Crippen LogP contribution in [0.2, 0.25) is 5.02 Å². The molecule has 9 nitrogen and oxygen atoms in total. The van der Waals surface area contributed by atoms with Crippen LogP contribution in [0.5, 0.6) is 5.88 Å². The highest BCUT2D eigenvalue weighted by Crippen LogP contribution is 2.33. The van der Waals surface area contributed by atoms with E-state index in [2.05, 4.69) is 30.6 Å². The van der Waals surface area contributed by atoms with E-state index in [9.17, 15) is 22.8 Å². The molecule has 2 amide bonds. The monoisotopic (exact) mass is 500 g/mol. The zero-order valence-electron chi connectivity index (χ0n) is 17.3. The molecule has 14 heteroatoms. The second kappa shape index (κ2) is 9.67. The number of anilines is 1. The molecule has 0 saturated carbocycles. The summed E-state index contributed by atoms with van der Waals surface area (Å²) < 4.78 is 44.2. The first-order valence-electron chi connectivity index (χ1n) is 9.17. The molecule has 1 unspecified atom stereocenters. The summed E-state index contributed by atoms with van der Waals surface area (Å²) in [7, 11) is 1.34. The standard InChI is InChI=1S/C19H16ClF3N6O3S/c1-8-5-24-12(4-10(8)19(21,22)23)29-15(30)11-6-25-18(33-11)9(2)28-16(31)14-13(20)17(32-3)27-7-26-14/h4-7,9H,1-3H3,(H,28,31)(H,24,29,30). The summed E-state index contributed by atoms with van der Waals surface area (Å²) in [6.07, 6.45) is -1.17. The number of halogens is 4. The summed E-state index contributed by atoms with van der Waals surface area (Å²) in [6.45, 7) is 2.90. The number of nitrogens with zero attached hydrogens (tertiary/aromatic N) is 4. The van der Waals surface area contributed by atoms with E-state index in [1.807, 2.05) is 0 Å². The minimum Gasteiger partial charge on any atom is -0.480 e. The van der Waals surface area contributed by atoms with Gasteiger partial charge in [-0.15, -0.1) is 11.3 Å². The van der Waals surface area contributed by atoms with Crippen molar-refractivity contribution in [2.75, 3.05) is 12.4 Å². The Balaban J connectivity index is 1.70. The van der Waals surface area contributed by atoms with Crippen molar-refractivity contribution in [2.45, 2.75) is 26.1 Å². The van der Waals surface area contributed by atoms with Gasteiger partial charge in [-0.1, -0.05) is 11.6 Å². The van der Waals surface area contributed by atoms with Crippen molar-refractivity contribution in [3.8, 4) is 5.88 Å². The van der Waals surface area contributed by atoms with E-state index in [4.69, 9.17) is 16.3 Å². The first-order valence-corrected chi connectivity index (χ1v) is 10.4. The van der Waals surface area contributed by atoms with Crippen molar-refractivity contribution in [3.05, 3.63) is 56.5 Å². The van der Waals surface area contributed by atoms with Gasteiger partial charge in [0.15, 0.2) is 5.69 Å². The van der Waals surface area contributed by atoms with Crippen molar-refractivity contribution >= 4 is 40.6 Å². The number of aryl methyl sites for hydroxylation is 1. The van der Waals surface area contributed by atoms with Crippen molar-refractivity contribution < 1.29 is 27.5 Å². The van der Waals surface area contributed by atoms with Crippen molar-refractivity contribution in [3.63, 3.8) is 0 Å². The van der Waals surface area contributed by atoms with E-state index in [-0.39, 0.29) is 32.9 Å². The van der Waals surface area contributed by atoms with Crippen LogP contribution in [0.3, 0.4) is 0 Å². The Labute approximate surface area is 194 Å². The summed E-state index contributed by atoms with van der Waals surface area (Å²) in [5.74, 6) is -1.51. The summed E-state index contributed by atoms with van der Waals surface area (Å²) in [4.78, 5) is 40.6. The highest BCUT2D eigenvalue weighted by Gasteiger charge is 2.33. The SMILES string of the molecule is COc1ncnc(C(=O)NC(C)c2ncc(C(=O)Nc3cc(C(F)(F)F)c(C)cn3)s2)c1Cl. The largest absolute Gasteiger partial charge is 0.480 e. The van der Waals surface area contributed by atoms with Gasteiger partial charge in [0.25, 0.3) is 11.8 Å². The summed E-state index contributed by atoms with van der Waals surface area (Å²) >= 11 is 7.00. The number of aromatic nitrogens is 4. The van der Waals surface area contributed by atoms with Gasteiger partial charge < -0.3 is 15.4 Å². The number of hydrogen-bond donors (Lipinski definition) is 2. The van der Waals surface area contributed by atoms with Crippen molar-refractivity contribution in [1.82, 2.24) is 25.3 Å². The number of nitrogens with one attached hydrogen (secondary N) is 2. The molecule has 2 N–H and O–H groups in total. The fourth-order valence-electron chi connectivity index (χ4n) is 2.65. The molecule has 0 saturated heterocycles. The van der Waals surface area contributed by atoms with E-state index in [1.165, 1.54) is 20.2 Å². The van der Waals surface area contributed by atoms with Crippen LogP contribution < -0.4 is 15.4 Å². The van der Waals surface area contributed by atoms with Crippen LogP contribution in [0.25, 0.3) is 0 Å². The van der Waals surface area contributed by atoms with Crippen LogP contribution in [-0.4, -0.2) is 38.9 Å². The third-order valence-corrected chi connectivity index (χ3v) is 5.80. The first-order chi connectivity index (χ1) is 15.5. The molecule has 174 valence electrons. The molecule has 0 aromatic carbocycles. The maximum atomic E-state index is 13.1. The van der Waals surface area contributed by atoms with Gasteiger partial charge >= 0.3 is 6.18 Å². The maximum absolute atomic E-state index is 13.1. The number of thiazole rings is 1. The maximum Gasteiger partial charge on any atom is 0.416 e. The van der Waals surface area contributed by atoms with E-state index in [0.29, 0.717) is 5.01 Å². The molecule has 0 fully saturated rings. The molecule has 0 radical (unpaired) electrons. The molecule has 3 aromatic heterocycles. The Kier molecular flexibility index (Phi) is 7.12. The van der Waals surface area contributed by atoms with Crippen LogP contribution in [0, 0.1) is 6.92 Å². The van der Waals surface area contributed by atoms with Gasteiger partial charge in [0.05, 0.1) is 24.9 Å². The third-order valence-electron chi connectivity index (χ3n) is 4.28. The molecule has 3 rings (SSSR count). The average Bonchev–Trinajstić information content (AvgIpc) is 3.25. The molecular weight excluding hydrogens is 485 g/mol. The van der Waals surface area contributed by atoms with Gasteiger partial charge in [0, 0.05) is 6.20 Å². The van der Waals surface area contributed by atoms with Gasteiger partial charge in [0.2, 0.25) is 5.88 Å². The molecule has 0 aliphatic heterocycles. The molecule has 0 bridgehead atoms. The van der Waals surface area contributed by atoms with Crippen LogP contribution >= 0.6 is 22.9 Å². The Bertz CT molecular complexity index is 1200. The van der Waals surface area contributed by atoms with Crippen LogP contribution in [0.15, 0.2) is 24.8 Å². The van der Waals surface area contributed by atoms with E-state index < -0.39 is 29.6 Å². The Morgan fingerprint density at radius 1 is 1.15 bits per heavy atom. The van der Waals surface area contributed by atoms with Crippen LogP contribution in [0.1, 0.15) is 49.3 Å². The minimum atomic E-state index is -4.58. The number of amides is 2. The third kappa shape index (κ3) is 5.54. The highest BCUT2D eigenvalue weighted by atomic mass is 35.5. The van der Waals surface area contributed by atoms with Gasteiger partial charge in [-0.05, 0) is 25.5 Å². The number of hydrogen-bond acceptors (Lipinski definition) is 8. The predicted octanol–water partition coefficient (Wildman–Crippen LogP) is 4.06. The second-order valence-electron chi connectivity index (χ2n) is 6.64. The minimum absolute atomic E-state index is 0.0380. The number of pyridine rings is 1. The number of ether oxygens (including phenoxy) is 1. The molecule has 1 atom stereocenters. The predicted molar refractivity (Wildman–Crippen MR) is 114 cm³/mol. The lowest BCUT2D eigenvalue weighted by Crippen LogP contribution is -2.27. The van der Waals surface area contributed by atoms with E-state index in [0.717, 1.165) is 29.9 Å². The number of carbonyl (C=O) groups is 2. The van der Waals surface area contributed by atoms with E-state index >= 15 is 0 Å². The van der Waals surface area contributed by atoms with Crippen molar-refractivity contribution in [1.29, 1.82) is 0 Å². The fraction of sp³-hybridized carbons (Fsp3) is 0.263. The molecule has 0 aliphatic carbocycles. The number of rotatable bonds is 6. The number of alkyl halides is 3. The highest BCUT2D eigenvalue weighted by molar-refractivity contribution is 7.13. The lowest BCUT2D eigenvalue weighted by molar-refractivity contribution is -0.138. The fourth-order valence-corrected chi connectivity index (χ4v) is 3.73. The molecule has 0 aliphatic rings. The number of carbonyl (C=O) groups excluding carboxylic acids is 2. The van der Waals surface area contributed by atoms with Gasteiger partial charge in [-0.2, -0.15) is 13.2 Å². The van der Waals surface area contributed by atoms with Gasteiger partial charge in [-0.3, -0.25) is 9.59 Å². The molecule has 0 spiro atoms. The second-order valence-corrected chi connectivity index (χ2v) is 8.08. The lowest BCUT2D eigenvalue weighted by atomic mass is 10.1. The first kappa shape index (κ1) is 24.3. The van der Waals surface area contributed by atoms with Crippen LogP contribution in [0.4, 0.5) is 19.0 Å². The van der Waals surface area contributed by atoms with Crippen molar-refractivity contribution in [2.24, 2.45) is 0 Å². The Hall–Kier alpha value is -3.32.